The van der Waals surface area contributed by atoms with E-state index in [4.69, 9.17) is 21.9 Å². The summed E-state index contributed by atoms with van der Waals surface area (Å²) in [5.74, 6) is 0.733. The lowest BCUT2D eigenvalue weighted by molar-refractivity contribution is -0.124. The first-order chi connectivity index (χ1) is 20.2. The Bertz CT molecular complexity index is 1680. The lowest BCUT2D eigenvalue weighted by Crippen LogP contribution is -2.57. The number of nitrogen functional groups attached to an aromatic ring is 1. The van der Waals surface area contributed by atoms with E-state index in [9.17, 15) is 9.59 Å². The minimum atomic E-state index is -1.53. The van der Waals surface area contributed by atoms with E-state index < -0.39 is 17.2 Å². The number of carbonyl (C=O) groups is 2. The average molecular weight is 584 g/mol. The summed E-state index contributed by atoms with van der Waals surface area (Å²) < 4.78 is 6.73. The highest BCUT2D eigenvalue weighted by Gasteiger charge is 2.49. The van der Waals surface area contributed by atoms with Crippen molar-refractivity contribution in [1.29, 1.82) is 0 Å². The summed E-state index contributed by atoms with van der Waals surface area (Å²) in [6, 6.07) is 17.5. The predicted molar refractivity (Wildman–Crippen MR) is 168 cm³/mol. The van der Waals surface area contributed by atoms with Crippen molar-refractivity contribution < 1.29 is 14.3 Å². The van der Waals surface area contributed by atoms with Gasteiger partial charge in [-0.3, -0.25) is 14.9 Å². The Labute approximate surface area is 249 Å². The molecule has 0 radical (unpaired) electrons. The summed E-state index contributed by atoms with van der Waals surface area (Å²) in [6.45, 7) is 4.81. The number of thiophene rings is 1. The van der Waals surface area contributed by atoms with Crippen molar-refractivity contribution in [3.05, 3.63) is 87.8 Å². The molecule has 0 saturated heterocycles. The minimum absolute atomic E-state index is 0.242. The molecule has 2 aliphatic rings. The van der Waals surface area contributed by atoms with Gasteiger partial charge in [0.05, 0.1) is 21.3 Å². The molecule has 1 fully saturated rings. The largest absolute Gasteiger partial charge is 0.457 e. The highest BCUT2D eigenvalue weighted by atomic mass is 32.1. The molecular formula is C33H37N5O3S. The maximum atomic E-state index is 14.2. The van der Waals surface area contributed by atoms with Crippen molar-refractivity contribution in [3.63, 3.8) is 0 Å². The lowest BCUT2D eigenvalue weighted by atomic mass is 9.69. The zero-order valence-electron chi connectivity index (χ0n) is 24.0. The van der Waals surface area contributed by atoms with Crippen LogP contribution in [-0.2, 0) is 10.3 Å². The van der Waals surface area contributed by atoms with Gasteiger partial charge in [0.15, 0.2) is 5.78 Å². The first kappa shape index (κ1) is 28.4. The van der Waals surface area contributed by atoms with Gasteiger partial charge in [0.2, 0.25) is 0 Å². The number of carbonyl (C=O) groups excluding carboxylic acids is 2. The first-order valence-electron chi connectivity index (χ1n) is 14.5. The SMILES string of the molecule is CCCNC1(NC(=O)c2sc3c(N)ccc4c3c2[C@@H](N)C(=O)[C@@]4(N)c2ccc(Oc3ccccc3)cc2C)CCCC1. The van der Waals surface area contributed by atoms with E-state index in [2.05, 4.69) is 17.6 Å². The highest BCUT2D eigenvalue weighted by Crippen LogP contribution is 2.50. The number of aryl methyl sites for hydroxylation is 1. The fraction of sp³-hybridized carbons (Fsp3) is 0.333. The number of nitrogens with one attached hydrogen (secondary N) is 2. The topological polar surface area (TPSA) is 145 Å². The molecule has 2 atom stereocenters. The second-order valence-corrected chi connectivity index (χ2v) is 12.5. The molecule has 3 aromatic carbocycles. The Kier molecular flexibility index (Phi) is 7.31. The number of hydrogen-bond acceptors (Lipinski definition) is 8. The Morgan fingerprint density at radius 3 is 2.45 bits per heavy atom. The lowest BCUT2D eigenvalue weighted by Gasteiger charge is -2.37. The van der Waals surface area contributed by atoms with Gasteiger partial charge in [0.25, 0.3) is 5.91 Å². The van der Waals surface area contributed by atoms with Gasteiger partial charge in [0, 0.05) is 16.6 Å². The van der Waals surface area contributed by atoms with E-state index in [1.807, 2.05) is 55.5 Å². The van der Waals surface area contributed by atoms with E-state index in [-0.39, 0.29) is 11.7 Å². The smallest absolute Gasteiger partial charge is 0.263 e. The number of nitrogens with two attached hydrogens (primary N) is 3. The Hall–Kier alpha value is -3.76. The van der Waals surface area contributed by atoms with Gasteiger partial charge >= 0.3 is 0 Å². The molecule has 9 heteroatoms. The van der Waals surface area contributed by atoms with E-state index in [0.29, 0.717) is 48.8 Å². The number of amides is 1. The minimum Gasteiger partial charge on any atom is -0.457 e. The molecule has 218 valence electrons. The van der Waals surface area contributed by atoms with Crippen LogP contribution in [0.4, 0.5) is 5.69 Å². The van der Waals surface area contributed by atoms with Crippen LogP contribution in [0.3, 0.4) is 0 Å². The van der Waals surface area contributed by atoms with Crippen LogP contribution in [0.15, 0.2) is 60.7 Å². The maximum Gasteiger partial charge on any atom is 0.263 e. The van der Waals surface area contributed by atoms with Gasteiger partial charge in [-0.2, -0.15) is 0 Å². The fourth-order valence-electron chi connectivity index (χ4n) is 6.56. The van der Waals surface area contributed by atoms with Gasteiger partial charge in [0.1, 0.15) is 17.0 Å². The Balaban J connectivity index is 1.43. The predicted octanol–water partition coefficient (Wildman–Crippen LogP) is 5.37. The van der Waals surface area contributed by atoms with Crippen molar-refractivity contribution in [1.82, 2.24) is 10.6 Å². The van der Waals surface area contributed by atoms with Crippen LogP contribution < -0.4 is 32.6 Å². The van der Waals surface area contributed by atoms with Crippen molar-refractivity contribution in [2.75, 3.05) is 12.3 Å². The normalized spacial score (nSPS) is 21.0. The third-order valence-corrected chi connectivity index (χ3v) is 9.90. The van der Waals surface area contributed by atoms with Crippen LogP contribution in [0.25, 0.3) is 10.1 Å². The van der Waals surface area contributed by atoms with Gasteiger partial charge in [-0.25, -0.2) is 0 Å². The Morgan fingerprint density at radius 1 is 1.05 bits per heavy atom. The second-order valence-electron chi connectivity index (χ2n) is 11.5. The number of para-hydroxylation sites is 1. The van der Waals surface area contributed by atoms with Crippen LogP contribution in [0.5, 0.6) is 11.5 Å². The molecule has 4 aromatic rings. The van der Waals surface area contributed by atoms with Crippen molar-refractivity contribution in [2.45, 2.75) is 63.2 Å². The van der Waals surface area contributed by atoms with Crippen LogP contribution in [0, 0.1) is 6.92 Å². The highest BCUT2D eigenvalue weighted by molar-refractivity contribution is 7.21. The third-order valence-electron chi connectivity index (χ3n) is 8.64. The van der Waals surface area contributed by atoms with E-state index >= 15 is 0 Å². The van der Waals surface area contributed by atoms with Crippen LogP contribution >= 0.6 is 11.3 Å². The number of ketones is 1. The van der Waals surface area contributed by atoms with Gasteiger partial charge in [-0.05, 0) is 92.6 Å². The number of ether oxygens (including phenoxy) is 1. The summed E-state index contributed by atoms with van der Waals surface area (Å²) in [4.78, 5) is 28.5. The summed E-state index contributed by atoms with van der Waals surface area (Å²) in [5.41, 5.74) is 21.3. The van der Waals surface area contributed by atoms with Gasteiger partial charge < -0.3 is 27.3 Å². The summed E-state index contributed by atoms with van der Waals surface area (Å²) >= 11 is 1.28. The molecule has 1 saturated carbocycles. The van der Waals surface area contributed by atoms with Gasteiger partial charge in [-0.15, -0.1) is 11.3 Å². The van der Waals surface area contributed by atoms with E-state index in [1.165, 1.54) is 11.3 Å². The summed E-state index contributed by atoms with van der Waals surface area (Å²) in [5, 5.41) is 7.53. The van der Waals surface area contributed by atoms with Crippen molar-refractivity contribution in [3.8, 4) is 11.5 Å². The van der Waals surface area contributed by atoms with Crippen molar-refractivity contribution >= 4 is 38.8 Å². The molecule has 0 bridgehead atoms. The number of rotatable bonds is 8. The average Bonchev–Trinajstić information content (AvgIpc) is 3.61. The number of anilines is 1. The van der Waals surface area contributed by atoms with Gasteiger partial charge in [-0.1, -0.05) is 37.3 Å². The van der Waals surface area contributed by atoms with Crippen LogP contribution in [0.2, 0.25) is 0 Å². The Morgan fingerprint density at radius 2 is 1.76 bits per heavy atom. The third kappa shape index (κ3) is 4.57. The molecule has 8 N–H and O–H groups in total. The maximum absolute atomic E-state index is 14.2. The molecule has 2 aliphatic carbocycles. The molecular weight excluding hydrogens is 546 g/mol. The van der Waals surface area contributed by atoms with Crippen LogP contribution in [-0.4, -0.2) is 23.9 Å². The zero-order chi connectivity index (χ0) is 29.6. The quantitative estimate of drug-likeness (QED) is 0.138. The number of hydrogen-bond donors (Lipinski definition) is 5. The number of Topliss-reactive ketones (excluding diaryl/α,β-unsaturated/α-hetero) is 1. The van der Waals surface area contributed by atoms with E-state index in [1.54, 1.807) is 12.1 Å². The molecule has 6 rings (SSSR count). The molecule has 1 amide bonds. The molecule has 8 nitrogen and oxygen atoms in total. The number of benzene rings is 3. The van der Waals surface area contributed by atoms with Crippen molar-refractivity contribution in [2.24, 2.45) is 11.5 Å². The molecule has 42 heavy (non-hydrogen) atoms. The fourth-order valence-corrected chi connectivity index (χ4v) is 7.75. The summed E-state index contributed by atoms with van der Waals surface area (Å²) in [6.07, 6.45) is 4.74. The molecule has 0 spiro atoms. The molecule has 1 aromatic heterocycles. The van der Waals surface area contributed by atoms with E-state index in [0.717, 1.165) is 44.2 Å². The van der Waals surface area contributed by atoms with Crippen LogP contribution in [0.1, 0.15) is 77.0 Å². The molecule has 1 heterocycles. The zero-order valence-corrected chi connectivity index (χ0v) is 24.8. The molecule has 0 aliphatic heterocycles. The monoisotopic (exact) mass is 583 g/mol. The molecule has 0 unspecified atom stereocenters. The second kappa shape index (κ2) is 10.8. The summed E-state index contributed by atoms with van der Waals surface area (Å²) in [7, 11) is 0. The standard InChI is InChI=1S/C33H37N5O3S/c1-3-17-37-32(15-7-8-16-32)38-31(40)29-26-25-23(13-14-24(34)28(25)42-29)33(36,30(39)27(26)35)22-12-11-21(18-19(22)2)41-20-9-5-4-6-10-20/h4-6,9-14,18,27,37H,3,7-8,15-17,34-36H2,1-2H3,(H,38,40)/t27-,33-/m1/s1. The first-order valence-corrected chi connectivity index (χ1v) is 15.4.